The van der Waals surface area contributed by atoms with E-state index in [1.54, 1.807) is 4.68 Å². The molecule has 0 spiro atoms. The van der Waals surface area contributed by atoms with Crippen LogP contribution in [0.5, 0.6) is 0 Å². The maximum Gasteiger partial charge on any atom is 0.345 e. The quantitative estimate of drug-likeness (QED) is 0.237. The zero-order valence-electron chi connectivity index (χ0n) is 19.3. The first-order valence-electron chi connectivity index (χ1n) is 12.1. The van der Waals surface area contributed by atoms with Crippen molar-refractivity contribution >= 4 is 29.9 Å². The van der Waals surface area contributed by atoms with Crippen molar-refractivity contribution < 1.29 is 9.47 Å². The second-order valence-electron chi connectivity index (χ2n) is 8.87. The van der Waals surface area contributed by atoms with E-state index < -0.39 is 0 Å². The molecule has 0 aliphatic carbocycles. The molecule has 2 saturated heterocycles. The summed E-state index contributed by atoms with van der Waals surface area (Å²) in [5, 5.41) is 7.97. The first-order chi connectivity index (χ1) is 15.2. The molecule has 9 nitrogen and oxygen atoms in total. The Kier molecular flexibility index (Phi) is 10.3. The SMILES string of the molecule is CN=C(NCCCn1nc2n(c1=O)CCCC2)N1CCC(OCC2CCCCO2)CC1.I. The van der Waals surface area contributed by atoms with Gasteiger partial charge < -0.3 is 19.7 Å². The Bertz CT molecular complexity index is 781. The molecule has 1 aromatic rings. The summed E-state index contributed by atoms with van der Waals surface area (Å²) >= 11 is 0. The third kappa shape index (κ3) is 6.69. The van der Waals surface area contributed by atoms with E-state index in [2.05, 4.69) is 20.3 Å². The molecule has 2 fully saturated rings. The highest BCUT2D eigenvalue weighted by molar-refractivity contribution is 14.0. The highest BCUT2D eigenvalue weighted by Gasteiger charge is 2.24. The average molecular weight is 562 g/mol. The monoisotopic (exact) mass is 562 g/mol. The summed E-state index contributed by atoms with van der Waals surface area (Å²) in [7, 11) is 1.83. The molecule has 32 heavy (non-hydrogen) atoms. The van der Waals surface area contributed by atoms with Crippen LogP contribution in [-0.2, 0) is 29.0 Å². The minimum atomic E-state index is 0. The van der Waals surface area contributed by atoms with Gasteiger partial charge in [0.15, 0.2) is 5.96 Å². The Labute approximate surface area is 207 Å². The van der Waals surface area contributed by atoms with Gasteiger partial charge in [-0.25, -0.2) is 9.48 Å². The maximum atomic E-state index is 12.4. The molecule has 182 valence electrons. The first-order valence-corrected chi connectivity index (χ1v) is 12.1. The number of fused-ring (bicyclic) bond motifs is 1. The minimum absolute atomic E-state index is 0. The van der Waals surface area contributed by atoms with Gasteiger partial charge in [0.2, 0.25) is 0 Å². The molecule has 1 N–H and O–H groups in total. The molecule has 1 aromatic heterocycles. The summed E-state index contributed by atoms with van der Waals surface area (Å²) in [6.07, 6.45) is 10.2. The molecule has 1 atom stereocenters. The number of aliphatic imine (C=N–C) groups is 1. The Hall–Kier alpha value is -1.14. The standard InChI is InChI=1S/C22H38N6O3.HI/c1-23-21(24-11-6-13-28-22(29)27-12-4-2-8-20(27)25-28)26-14-9-18(10-15-26)31-17-19-7-3-5-16-30-19;/h18-19H,2-17H2,1H3,(H,23,24);1H. The van der Waals surface area contributed by atoms with Gasteiger partial charge in [-0.3, -0.25) is 9.56 Å². The van der Waals surface area contributed by atoms with Crippen molar-refractivity contribution in [3.63, 3.8) is 0 Å². The zero-order valence-corrected chi connectivity index (χ0v) is 21.7. The van der Waals surface area contributed by atoms with Crippen molar-refractivity contribution in [2.45, 2.75) is 83.1 Å². The normalized spacial score (nSPS) is 22.3. The van der Waals surface area contributed by atoms with E-state index in [-0.39, 0.29) is 35.8 Å². The Balaban J connectivity index is 0.00000289. The molecule has 3 aliphatic heterocycles. The fourth-order valence-electron chi connectivity index (χ4n) is 4.77. The number of nitrogens with zero attached hydrogens (tertiary/aromatic N) is 5. The van der Waals surface area contributed by atoms with Gasteiger partial charge in [0, 0.05) is 52.8 Å². The summed E-state index contributed by atoms with van der Waals surface area (Å²) < 4.78 is 15.4. The number of nitrogens with one attached hydrogen (secondary N) is 1. The fourth-order valence-corrected chi connectivity index (χ4v) is 4.77. The predicted octanol–water partition coefficient (Wildman–Crippen LogP) is 2.01. The van der Waals surface area contributed by atoms with Gasteiger partial charge in [0.1, 0.15) is 5.82 Å². The lowest BCUT2D eigenvalue weighted by molar-refractivity contribution is -0.0721. The van der Waals surface area contributed by atoms with E-state index in [1.165, 1.54) is 12.8 Å². The summed E-state index contributed by atoms with van der Waals surface area (Å²) in [4.78, 5) is 19.2. The third-order valence-corrected chi connectivity index (χ3v) is 6.61. The van der Waals surface area contributed by atoms with Crippen LogP contribution in [0.3, 0.4) is 0 Å². The summed E-state index contributed by atoms with van der Waals surface area (Å²) in [6, 6.07) is 0. The van der Waals surface area contributed by atoms with Gasteiger partial charge in [-0.2, -0.15) is 5.10 Å². The van der Waals surface area contributed by atoms with Crippen molar-refractivity contribution in [1.82, 2.24) is 24.6 Å². The molecule has 0 amide bonds. The van der Waals surface area contributed by atoms with E-state index >= 15 is 0 Å². The smallest absolute Gasteiger partial charge is 0.345 e. The van der Waals surface area contributed by atoms with Gasteiger partial charge in [-0.15, -0.1) is 24.0 Å². The van der Waals surface area contributed by atoms with Crippen LogP contribution in [0.15, 0.2) is 9.79 Å². The number of hydrogen-bond acceptors (Lipinski definition) is 5. The number of rotatable bonds is 7. The van der Waals surface area contributed by atoms with Gasteiger partial charge in [0.05, 0.1) is 18.8 Å². The zero-order chi connectivity index (χ0) is 21.5. The minimum Gasteiger partial charge on any atom is -0.376 e. The van der Waals surface area contributed by atoms with Gasteiger partial charge in [0.25, 0.3) is 0 Å². The van der Waals surface area contributed by atoms with Crippen LogP contribution in [0.1, 0.15) is 57.2 Å². The lowest BCUT2D eigenvalue weighted by Gasteiger charge is -2.35. The summed E-state index contributed by atoms with van der Waals surface area (Å²) in [5.74, 6) is 1.88. The fraction of sp³-hybridized carbons (Fsp3) is 0.864. The Morgan fingerprint density at radius 3 is 2.75 bits per heavy atom. The molecule has 4 heterocycles. The van der Waals surface area contributed by atoms with Crippen LogP contribution in [0.4, 0.5) is 0 Å². The number of likely N-dealkylation sites (tertiary alicyclic amines) is 1. The number of halogens is 1. The van der Waals surface area contributed by atoms with Crippen molar-refractivity contribution in [2.24, 2.45) is 4.99 Å². The molecule has 0 saturated carbocycles. The molecule has 0 bridgehead atoms. The number of aryl methyl sites for hydroxylation is 2. The van der Waals surface area contributed by atoms with Crippen LogP contribution in [0, 0.1) is 0 Å². The third-order valence-electron chi connectivity index (χ3n) is 6.61. The Morgan fingerprint density at radius 1 is 1.19 bits per heavy atom. The number of piperidine rings is 1. The number of ether oxygens (including phenoxy) is 2. The van der Waals surface area contributed by atoms with Crippen molar-refractivity contribution in [2.75, 3.05) is 39.9 Å². The van der Waals surface area contributed by atoms with E-state index in [0.717, 1.165) is 96.1 Å². The second kappa shape index (κ2) is 12.9. The number of guanidine groups is 1. The summed E-state index contributed by atoms with van der Waals surface area (Å²) in [5.41, 5.74) is 0.0415. The van der Waals surface area contributed by atoms with E-state index in [4.69, 9.17) is 9.47 Å². The average Bonchev–Trinajstić information content (AvgIpc) is 3.14. The topological polar surface area (TPSA) is 85.9 Å². The molecular weight excluding hydrogens is 523 g/mol. The van der Waals surface area contributed by atoms with Crippen molar-refractivity contribution in [3.8, 4) is 0 Å². The molecule has 0 radical (unpaired) electrons. The van der Waals surface area contributed by atoms with Crippen LogP contribution in [-0.4, -0.2) is 77.3 Å². The number of aromatic nitrogens is 3. The highest BCUT2D eigenvalue weighted by atomic mass is 127. The maximum absolute atomic E-state index is 12.4. The van der Waals surface area contributed by atoms with Crippen LogP contribution < -0.4 is 11.0 Å². The van der Waals surface area contributed by atoms with E-state index in [0.29, 0.717) is 12.6 Å². The van der Waals surface area contributed by atoms with Gasteiger partial charge in [-0.1, -0.05) is 0 Å². The van der Waals surface area contributed by atoms with Gasteiger partial charge in [-0.05, 0) is 51.4 Å². The molecule has 0 aromatic carbocycles. The lowest BCUT2D eigenvalue weighted by atomic mass is 10.1. The summed E-state index contributed by atoms with van der Waals surface area (Å²) in [6.45, 7) is 5.73. The van der Waals surface area contributed by atoms with Crippen LogP contribution in [0.25, 0.3) is 0 Å². The predicted molar refractivity (Wildman–Crippen MR) is 135 cm³/mol. The second-order valence-corrected chi connectivity index (χ2v) is 8.87. The van der Waals surface area contributed by atoms with E-state index in [9.17, 15) is 4.79 Å². The Morgan fingerprint density at radius 2 is 2.03 bits per heavy atom. The highest BCUT2D eigenvalue weighted by Crippen LogP contribution is 2.18. The molecular formula is C22H39IN6O3. The first kappa shape index (κ1) is 25.5. The van der Waals surface area contributed by atoms with Crippen molar-refractivity contribution in [3.05, 3.63) is 16.3 Å². The lowest BCUT2D eigenvalue weighted by Crippen LogP contribution is -2.47. The van der Waals surface area contributed by atoms with Crippen LogP contribution in [0.2, 0.25) is 0 Å². The van der Waals surface area contributed by atoms with E-state index in [1.807, 2.05) is 11.6 Å². The van der Waals surface area contributed by atoms with Gasteiger partial charge >= 0.3 is 5.69 Å². The number of hydrogen-bond donors (Lipinski definition) is 1. The molecule has 10 heteroatoms. The van der Waals surface area contributed by atoms with Crippen molar-refractivity contribution in [1.29, 1.82) is 0 Å². The molecule has 3 aliphatic rings. The molecule has 4 rings (SSSR count). The molecule has 1 unspecified atom stereocenters. The largest absolute Gasteiger partial charge is 0.376 e. The van der Waals surface area contributed by atoms with Crippen LogP contribution >= 0.6 is 24.0 Å².